The number of benzene rings is 2. The number of piperidine rings is 1. The molecule has 30 heavy (non-hydrogen) atoms. The second kappa shape index (κ2) is 6.79. The fourth-order valence-corrected chi connectivity index (χ4v) is 6.49. The van der Waals surface area contributed by atoms with Crippen LogP contribution in [0.4, 0.5) is 0 Å². The van der Waals surface area contributed by atoms with E-state index in [2.05, 4.69) is 58.4 Å². The number of aromatic nitrogens is 2. The van der Waals surface area contributed by atoms with E-state index in [1.54, 1.807) is 17.3 Å². The summed E-state index contributed by atoms with van der Waals surface area (Å²) in [6.07, 6.45) is 6.49. The Kier molecular flexibility index (Phi) is 4.15. The molecule has 0 unspecified atom stereocenters. The van der Waals surface area contributed by atoms with Crippen LogP contribution in [0.1, 0.15) is 59.4 Å². The predicted octanol–water partition coefficient (Wildman–Crippen LogP) is 4.00. The molecule has 0 radical (unpaired) electrons. The van der Waals surface area contributed by atoms with E-state index in [9.17, 15) is 5.11 Å². The molecule has 154 valence electrons. The molecule has 1 saturated heterocycles. The molecule has 4 nitrogen and oxygen atoms in total. The van der Waals surface area contributed by atoms with Gasteiger partial charge < -0.3 is 14.6 Å². The van der Waals surface area contributed by atoms with Crippen molar-refractivity contribution >= 4 is 0 Å². The number of fused-ring (bicyclic) bond motifs is 8. The molecule has 1 atom stereocenters. The lowest BCUT2D eigenvalue weighted by Crippen LogP contribution is -2.44. The number of aliphatic hydroxyl groups excluding tert-OH is 1. The summed E-state index contributed by atoms with van der Waals surface area (Å²) in [4.78, 5) is 7.01. The van der Waals surface area contributed by atoms with Crippen LogP contribution in [0.5, 0.6) is 0 Å². The zero-order valence-electron chi connectivity index (χ0n) is 17.5. The van der Waals surface area contributed by atoms with Gasteiger partial charge in [0.2, 0.25) is 0 Å². The van der Waals surface area contributed by atoms with Crippen LogP contribution in [-0.2, 0) is 12.5 Å². The van der Waals surface area contributed by atoms with Crippen LogP contribution in [0.25, 0.3) is 0 Å². The molecule has 3 aliphatic rings. The van der Waals surface area contributed by atoms with Crippen LogP contribution < -0.4 is 0 Å². The third-order valence-electron chi connectivity index (χ3n) is 7.95. The Morgan fingerprint density at radius 3 is 2.27 bits per heavy atom. The van der Waals surface area contributed by atoms with Crippen molar-refractivity contribution in [1.29, 1.82) is 0 Å². The number of aryl methyl sites for hydroxylation is 1. The number of imidazole rings is 1. The van der Waals surface area contributed by atoms with Crippen LogP contribution in [0.3, 0.4) is 0 Å². The maximum absolute atomic E-state index is 10.8. The molecule has 2 bridgehead atoms. The number of hydrogen-bond acceptors (Lipinski definition) is 3. The lowest BCUT2D eigenvalue weighted by atomic mass is 9.74. The minimum atomic E-state index is -0.464. The average Bonchev–Trinajstić information content (AvgIpc) is 3.45. The third-order valence-corrected chi connectivity index (χ3v) is 7.95. The third kappa shape index (κ3) is 2.57. The normalized spacial score (nSPS) is 26.5. The SMILES string of the molecule is Cn1ccnc1[C@H](O)C1CCN(CC23CC(c4ccccc42)c2ccccc23)CC1. The molecule has 2 aromatic carbocycles. The molecule has 0 spiro atoms. The molecule has 3 aromatic rings. The second-order valence-corrected chi connectivity index (χ2v) is 9.47. The van der Waals surface area contributed by atoms with E-state index in [1.165, 1.54) is 17.5 Å². The zero-order chi connectivity index (χ0) is 20.3. The first-order chi connectivity index (χ1) is 14.7. The van der Waals surface area contributed by atoms with Crippen LogP contribution in [0.2, 0.25) is 0 Å². The first-order valence-electron chi connectivity index (χ1n) is 11.2. The van der Waals surface area contributed by atoms with Crippen LogP contribution in [0.15, 0.2) is 60.9 Å². The number of aliphatic hydroxyl groups is 1. The molecular weight excluding hydrogens is 370 g/mol. The van der Waals surface area contributed by atoms with E-state index in [0.717, 1.165) is 38.3 Å². The van der Waals surface area contributed by atoms with Gasteiger partial charge in [-0.1, -0.05) is 48.5 Å². The number of hydrogen-bond donors (Lipinski definition) is 1. The molecule has 0 amide bonds. The van der Waals surface area contributed by atoms with E-state index in [1.807, 2.05) is 17.8 Å². The Morgan fingerprint density at radius 1 is 1.03 bits per heavy atom. The summed E-state index contributed by atoms with van der Waals surface area (Å²) in [7, 11) is 1.96. The maximum Gasteiger partial charge on any atom is 0.137 e. The molecule has 6 rings (SSSR count). The van der Waals surface area contributed by atoms with Gasteiger partial charge in [-0.2, -0.15) is 0 Å². The summed E-state index contributed by atoms with van der Waals surface area (Å²) in [6.45, 7) is 3.18. The first-order valence-corrected chi connectivity index (χ1v) is 11.2. The summed E-state index contributed by atoms with van der Waals surface area (Å²) in [5, 5.41) is 10.8. The van der Waals surface area contributed by atoms with Gasteiger partial charge in [0, 0.05) is 37.3 Å². The van der Waals surface area contributed by atoms with Crippen molar-refractivity contribution in [2.24, 2.45) is 13.0 Å². The standard InChI is InChI=1S/C26H29N3O/c1-28-15-12-27-25(28)24(30)18-10-13-29(14-11-18)17-26-16-21(19-6-2-4-8-22(19)26)20-7-3-5-9-23(20)26/h2-9,12,15,18,21,24,30H,10-11,13-14,16-17H2,1H3/t21?,24-,26?/m1/s1. The van der Waals surface area contributed by atoms with Crippen LogP contribution in [-0.4, -0.2) is 39.2 Å². The van der Waals surface area contributed by atoms with E-state index in [4.69, 9.17) is 0 Å². The second-order valence-electron chi connectivity index (χ2n) is 9.47. The van der Waals surface area contributed by atoms with Gasteiger partial charge in [0.15, 0.2) is 0 Å². The Labute approximate surface area is 178 Å². The van der Waals surface area contributed by atoms with E-state index >= 15 is 0 Å². The molecule has 4 heteroatoms. The van der Waals surface area contributed by atoms with Gasteiger partial charge in [0.1, 0.15) is 11.9 Å². The first kappa shape index (κ1) is 18.3. The van der Waals surface area contributed by atoms with Gasteiger partial charge in [-0.15, -0.1) is 0 Å². The van der Waals surface area contributed by atoms with E-state index in [-0.39, 0.29) is 5.41 Å². The van der Waals surface area contributed by atoms with Crippen molar-refractivity contribution in [3.63, 3.8) is 0 Å². The Hall–Kier alpha value is -2.43. The molecule has 1 aromatic heterocycles. The highest BCUT2D eigenvalue weighted by Crippen LogP contribution is 2.60. The number of likely N-dealkylation sites (tertiary alicyclic amines) is 1. The predicted molar refractivity (Wildman–Crippen MR) is 117 cm³/mol. The zero-order valence-corrected chi connectivity index (χ0v) is 17.5. The van der Waals surface area contributed by atoms with Gasteiger partial charge in [0.25, 0.3) is 0 Å². The highest BCUT2D eigenvalue weighted by Gasteiger charge is 2.53. The van der Waals surface area contributed by atoms with Crippen molar-refractivity contribution < 1.29 is 5.11 Å². The summed E-state index contributed by atoms with van der Waals surface area (Å²) in [5.74, 6) is 1.64. The maximum atomic E-state index is 10.8. The summed E-state index contributed by atoms with van der Waals surface area (Å²) >= 11 is 0. The highest BCUT2D eigenvalue weighted by atomic mass is 16.3. The minimum Gasteiger partial charge on any atom is -0.385 e. The molecule has 1 aliphatic heterocycles. The summed E-state index contributed by atoms with van der Waals surface area (Å²) < 4.78 is 1.95. The molecule has 1 fully saturated rings. The minimum absolute atomic E-state index is 0.128. The molecule has 1 N–H and O–H groups in total. The van der Waals surface area contributed by atoms with Crippen molar-refractivity contribution in [3.05, 3.63) is 89.0 Å². The van der Waals surface area contributed by atoms with Crippen LogP contribution in [0, 0.1) is 5.92 Å². The largest absolute Gasteiger partial charge is 0.385 e. The number of rotatable bonds is 4. The quantitative estimate of drug-likeness (QED) is 0.721. The summed E-state index contributed by atoms with van der Waals surface area (Å²) in [6, 6.07) is 18.2. The van der Waals surface area contributed by atoms with Crippen molar-refractivity contribution in [2.45, 2.75) is 36.7 Å². The van der Waals surface area contributed by atoms with Gasteiger partial charge in [-0.05, 0) is 60.5 Å². The molecule has 0 saturated carbocycles. The Bertz CT molecular complexity index is 1030. The van der Waals surface area contributed by atoms with Gasteiger partial charge in [0.05, 0.1) is 0 Å². The highest BCUT2D eigenvalue weighted by molar-refractivity contribution is 5.62. The average molecular weight is 400 g/mol. The summed E-state index contributed by atoms with van der Waals surface area (Å²) in [5.41, 5.74) is 6.29. The Morgan fingerprint density at radius 2 is 1.67 bits per heavy atom. The van der Waals surface area contributed by atoms with Gasteiger partial charge in [-0.3, -0.25) is 0 Å². The van der Waals surface area contributed by atoms with Crippen molar-refractivity contribution in [3.8, 4) is 0 Å². The molecule has 2 heterocycles. The Balaban J connectivity index is 1.24. The lowest BCUT2D eigenvalue weighted by Gasteiger charge is -2.40. The topological polar surface area (TPSA) is 41.3 Å². The van der Waals surface area contributed by atoms with Crippen LogP contribution >= 0.6 is 0 Å². The molecular formula is C26H29N3O. The molecule has 2 aliphatic carbocycles. The fraction of sp³-hybridized carbons (Fsp3) is 0.423. The van der Waals surface area contributed by atoms with Gasteiger partial charge in [-0.25, -0.2) is 4.98 Å². The van der Waals surface area contributed by atoms with E-state index < -0.39 is 6.10 Å². The lowest BCUT2D eigenvalue weighted by molar-refractivity contribution is 0.0468. The van der Waals surface area contributed by atoms with E-state index in [0.29, 0.717) is 11.8 Å². The fourth-order valence-electron chi connectivity index (χ4n) is 6.49. The van der Waals surface area contributed by atoms with Gasteiger partial charge >= 0.3 is 0 Å². The van der Waals surface area contributed by atoms with Crippen molar-refractivity contribution in [2.75, 3.05) is 19.6 Å². The van der Waals surface area contributed by atoms with Crippen molar-refractivity contribution in [1.82, 2.24) is 14.5 Å². The smallest absolute Gasteiger partial charge is 0.137 e. The number of nitrogens with zero attached hydrogens (tertiary/aromatic N) is 3. The monoisotopic (exact) mass is 399 g/mol.